The molecule has 2 rings (SSSR count). The molecule has 0 saturated heterocycles. The molecule has 0 spiro atoms. The van der Waals surface area contributed by atoms with E-state index < -0.39 is 6.72 Å². The molecule has 0 aliphatic carbocycles. The summed E-state index contributed by atoms with van der Waals surface area (Å²) >= 11 is 5.73. The minimum Gasteiger partial charge on any atom is -0.415 e. The van der Waals surface area contributed by atoms with Crippen molar-refractivity contribution in [2.45, 2.75) is 119 Å². The molecule has 0 heterocycles. The smallest absolute Gasteiger partial charge is 0.415 e. The van der Waals surface area contributed by atoms with Gasteiger partial charge in [0.1, 0.15) is 11.5 Å². The van der Waals surface area contributed by atoms with Crippen molar-refractivity contribution in [1.82, 2.24) is 0 Å². The Labute approximate surface area is 219 Å². The molecule has 0 radical (unpaired) electrons. The van der Waals surface area contributed by atoms with Gasteiger partial charge in [-0.25, -0.2) is 0 Å². The first kappa shape index (κ1) is 29.9. The quantitative estimate of drug-likeness (QED) is 0.410. The fourth-order valence-corrected chi connectivity index (χ4v) is 5.56. The van der Waals surface area contributed by atoms with Crippen molar-refractivity contribution in [3.63, 3.8) is 0 Å². The first-order valence-electron chi connectivity index (χ1n) is 12.5. The number of hydrogen-bond acceptors (Lipinski definition) is 3. The van der Waals surface area contributed by atoms with Crippen LogP contribution in [0.5, 0.6) is 11.5 Å². The van der Waals surface area contributed by atoms with Gasteiger partial charge in [0.05, 0.1) is 0 Å². The van der Waals surface area contributed by atoms with Crippen molar-refractivity contribution in [2.24, 2.45) is 0 Å². The lowest BCUT2D eigenvalue weighted by atomic mass is 9.78. The van der Waals surface area contributed by atoms with Crippen molar-refractivity contribution >= 4 is 18.5 Å². The predicted octanol–water partition coefficient (Wildman–Crippen LogP) is 9.17. The molecule has 1 N–H and O–H groups in total. The van der Waals surface area contributed by atoms with Crippen LogP contribution in [0.1, 0.15) is 116 Å². The Morgan fingerprint density at radius 2 is 0.743 bits per heavy atom. The van der Waals surface area contributed by atoms with Crippen molar-refractivity contribution in [3.8, 4) is 11.5 Å². The topological polar surface area (TPSA) is 38.7 Å². The summed E-state index contributed by atoms with van der Waals surface area (Å²) in [4.78, 5) is 11.6. The van der Waals surface area contributed by atoms with Gasteiger partial charge in [-0.3, -0.25) is 0 Å². The van der Waals surface area contributed by atoms with Crippen LogP contribution in [0.4, 0.5) is 0 Å². The third-order valence-corrected chi connectivity index (χ3v) is 7.39. The highest BCUT2D eigenvalue weighted by atomic mass is 32.5. The van der Waals surface area contributed by atoms with Gasteiger partial charge in [-0.1, -0.05) is 118 Å². The molecule has 0 fully saturated rings. The summed E-state index contributed by atoms with van der Waals surface area (Å²) in [5, 5.41) is 0. The zero-order valence-corrected chi connectivity index (χ0v) is 26.1. The first-order valence-corrected chi connectivity index (χ1v) is 15.1. The number of hydrogen-bond donors (Lipinski definition) is 1. The van der Waals surface area contributed by atoms with Crippen LogP contribution >= 0.6 is 6.72 Å². The molecule has 0 saturated carbocycles. The highest BCUT2D eigenvalue weighted by Gasteiger charge is 2.35. The molecule has 0 aromatic heterocycles. The number of aryl methyl sites for hydroxylation is 2. The predicted molar refractivity (Wildman–Crippen MR) is 155 cm³/mol. The molecule has 0 aliphatic heterocycles. The summed E-state index contributed by atoms with van der Waals surface area (Å²) in [6, 6.07) is 8.53. The van der Waals surface area contributed by atoms with Crippen LogP contribution in [0, 0.1) is 13.8 Å². The van der Waals surface area contributed by atoms with Gasteiger partial charge in [0, 0.05) is 34.1 Å². The second-order valence-corrected chi connectivity index (χ2v) is 16.7. The van der Waals surface area contributed by atoms with Crippen LogP contribution in [0.3, 0.4) is 0 Å². The van der Waals surface area contributed by atoms with Gasteiger partial charge in [0.25, 0.3) is 0 Å². The molecular formula is C30H47O3PS. The minimum atomic E-state index is -3.72. The van der Waals surface area contributed by atoms with Gasteiger partial charge in [0.15, 0.2) is 0 Å². The molecule has 0 atom stereocenters. The van der Waals surface area contributed by atoms with Gasteiger partial charge in [0.2, 0.25) is 0 Å². The monoisotopic (exact) mass is 518 g/mol. The average Bonchev–Trinajstić information content (AvgIpc) is 2.60. The lowest BCUT2D eigenvalue weighted by molar-refractivity contribution is 0.356. The van der Waals surface area contributed by atoms with E-state index in [9.17, 15) is 4.89 Å². The third kappa shape index (κ3) is 7.34. The zero-order chi connectivity index (χ0) is 27.4. The van der Waals surface area contributed by atoms with E-state index in [1.807, 2.05) is 0 Å². The van der Waals surface area contributed by atoms with Crippen molar-refractivity contribution in [3.05, 3.63) is 57.6 Å². The summed E-state index contributed by atoms with van der Waals surface area (Å²) in [5.74, 6) is 1.28. The summed E-state index contributed by atoms with van der Waals surface area (Å²) in [6.07, 6.45) is 0. The highest BCUT2D eigenvalue weighted by Crippen LogP contribution is 2.54. The van der Waals surface area contributed by atoms with E-state index in [1.54, 1.807) is 0 Å². The van der Waals surface area contributed by atoms with E-state index in [2.05, 4.69) is 121 Å². The van der Waals surface area contributed by atoms with Crippen molar-refractivity contribution in [1.29, 1.82) is 0 Å². The lowest BCUT2D eigenvalue weighted by Crippen LogP contribution is -2.22. The van der Waals surface area contributed by atoms with Gasteiger partial charge in [-0.15, -0.1) is 0 Å². The SMILES string of the molecule is Cc1cc(C(C)(C)C)c(OP(O)(=S)Oc2c(C(C)(C)C)cc(C)cc2C(C)(C)C)c(C(C)(C)C)c1. The summed E-state index contributed by atoms with van der Waals surface area (Å²) < 4.78 is 12.8. The van der Waals surface area contributed by atoms with Crippen LogP contribution in [-0.2, 0) is 33.5 Å². The summed E-state index contributed by atoms with van der Waals surface area (Å²) in [7, 11) is 0. The van der Waals surface area contributed by atoms with Crippen LogP contribution in [0.25, 0.3) is 0 Å². The molecule has 0 aliphatic rings. The Bertz CT molecular complexity index is 979. The molecular weight excluding hydrogens is 471 g/mol. The van der Waals surface area contributed by atoms with E-state index in [0.717, 1.165) is 33.4 Å². The maximum atomic E-state index is 11.6. The molecule has 0 amide bonds. The van der Waals surface area contributed by atoms with Crippen molar-refractivity contribution in [2.75, 3.05) is 0 Å². The van der Waals surface area contributed by atoms with Gasteiger partial charge in [-0.2, -0.15) is 0 Å². The van der Waals surface area contributed by atoms with E-state index in [-0.39, 0.29) is 21.7 Å². The third-order valence-electron chi connectivity index (χ3n) is 6.11. The number of rotatable bonds is 4. The molecule has 0 bridgehead atoms. The van der Waals surface area contributed by atoms with E-state index in [0.29, 0.717) is 11.5 Å². The van der Waals surface area contributed by atoms with Crippen molar-refractivity contribution < 1.29 is 13.9 Å². The fraction of sp³-hybridized carbons (Fsp3) is 0.600. The van der Waals surface area contributed by atoms with Gasteiger partial charge >= 0.3 is 6.72 Å². The largest absolute Gasteiger partial charge is 0.432 e. The lowest BCUT2D eigenvalue weighted by Gasteiger charge is -2.34. The summed E-state index contributed by atoms with van der Waals surface area (Å²) in [6.45, 7) is 26.3. The Balaban J connectivity index is 2.76. The van der Waals surface area contributed by atoms with Crippen LogP contribution in [0.2, 0.25) is 0 Å². The molecule has 35 heavy (non-hydrogen) atoms. The average molecular weight is 519 g/mol. The first-order chi connectivity index (χ1) is 15.4. The minimum absolute atomic E-state index is 0.201. The molecule has 5 heteroatoms. The van der Waals surface area contributed by atoms with Crippen LogP contribution in [-0.4, -0.2) is 4.89 Å². The van der Waals surface area contributed by atoms with Crippen LogP contribution in [0.15, 0.2) is 24.3 Å². The van der Waals surface area contributed by atoms with Crippen LogP contribution < -0.4 is 9.05 Å². The van der Waals surface area contributed by atoms with E-state index in [4.69, 9.17) is 20.9 Å². The fourth-order valence-electron chi connectivity index (χ4n) is 4.22. The summed E-state index contributed by atoms with van der Waals surface area (Å²) in [5.41, 5.74) is 5.58. The maximum absolute atomic E-state index is 11.6. The molecule has 2 aromatic rings. The highest BCUT2D eigenvalue weighted by molar-refractivity contribution is 8.07. The second kappa shape index (κ2) is 9.51. The Morgan fingerprint density at radius 1 is 0.543 bits per heavy atom. The normalized spacial score (nSPS) is 13.7. The Hall–Kier alpha value is -1.35. The second-order valence-electron chi connectivity index (χ2n) is 14.0. The Kier molecular flexibility index (Phi) is 8.12. The van der Waals surface area contributed by atoms with Gasteiger partial charge in [-0.05, 0) is 35.5 Å². The zero-order valence-electron chi connectivity index (χ0n) is 24.4. The van der Waals surface area contributed by atoms with E-state index in [1.165, 1.54) is 0 Å². The molecule has 0 unspecified atom stereocenters. The molecule has 3 nitrogen and oxygen atoms in total. The molecule has 196 valence electrons. The maximum Gasteiger partial charge on any atom is 0.432 e. The van der Waals surface area contributed by atoms with E-state index >= 15 is 0 Å². The number of benzene rings is 2. The van der Waals surface area contributed by atoms with Gasteiger partial charge < -0.3 is 13.9 Å². The standard InChI is InChI=1S/C30H47O3PS/c1-19-15-21(27(3,4)5)25(22(16-19)28(6,7)8)32-34(31,35)33-26-23(29(9,10)11)17-20(2)18-24(26)30(12,13)14/h15-18H,1-14H3,(H,31,35). The Morgan fingerprint density at radius 3 is 0.914 bits per heavy atom. The molecule has 2 aromatic carbocycles.